The summed E-state index contributed by atoms with van der Waals surface area (Å²) in [5, 5.41) is 3.38. The number of nitrogens with one attached hydrogen (secondary N) is 1. The van der Waals surface area contributed by atoms with Gasteiger partial charge in [0.15, 0.2) is 0 Å². The average Bonchev–Trinajstić information content (AvgIpc) is 2.48. The Balaban J connectivity index is 2.22. The number of carbonyl (C=O) groups excluding carboxylic acids is 1. The van der Waals surface area contributed by atoms with Gasteiger partial charge in [0.25, 0.3) is 0 Å². The minimum atomic E-state index is -0.392. The zero-order valence-electron chi connectivity index (χ0n) is 12.6. The lowest BCUT2D eigenvalue weighted by Crippen LogP contribution is -2.13. The summed E-state index contributed by atoms with van der Waals surface area (Å²) >= 11 is 0. The summed E-state index contributed by atoms with van der Waals surface area (Å²) in [5.74, 6) is -0.392. The third-order valence-electron chi connectivity index (χ3n) is 3.54. The predicted octanol–water partition coefficient (Wildman–Crippen LogP) is 3.26. The predicted molar refractivity (Wildman–Crippen MR) is 87.1 cm³/mol. The van der Waals surface area contributed by atoms with Crippen LogP contribution in [-0.2, 0) is 6.54 Å². The second kappa shape index (κ2) is 7.04. The van der Waals surface area contributed by atoms with Crippen LogP contribution in [-0.4, -0.2) is 12.5 Å². The Kier molecular flexibility index (Phi) is 5.12. The van der Waals surface area contributed by atoms with E-state index in [1.165, 1.54) is 5.56 Å². The molecule has 0 bridgehead atoms. The van der Waals surface area contributed by atoms with Gasteiger partial charge in [-0.25, -0.2) is 0 Å². The molecule has 0 aliphatic carbocycles. The molecule has 2 aromatic rings. The van der Waals surface area contributed by atoms with Gasteiger partial charge in [0.05, 0.1) is 0 Å². The second-order valence-corrected chi connectivity index (χ2v) is 5.27. The van der Waals surface area contributed by atoms with E-state index < -0.39 is 5.91 Å². The molecule has 0 aliphatic heterocycles. The minimum Gasteiger partial charge on any atom is -0.366 e. The Morgan fingerprint density at radius 1 is 1.14 bits per heavy atom. The van der Waals surface area contributed by atoms with E-state index in [9.17, 15) is 4.79 Å². The molecule has 3 heteroatoms. The molecule has 0 spiro atoms. The first-order valence-electron chi connectivity index (χ1n) is 7.32. The molecular formula is C18H22N2O. The van der Waals surface area contributed by atoms with Gasteiger partial charge in [0.2, 0.25) is 5.91 Å². The van der Waals surface area contributed by atoms with Crippen molar-refractivity contribution in [2.45, 2.75) is 26.8 Å². The number of benzene rings is 2. The summed E-state index contributed by atoms with van der Waals surface area (Å²) < 4.78 is 0. The van der Waals surface area contributed by atoms with Crippen molar-refractivity contribution in [1.29, 1.82) is 0 Å². The lowest BCUT2D eigenvalue weighted by Gasteiger charge is -2.09. The largest absolute Gasteiger partial charge is 0.366 e. The third kappa shape index (κ3) is 3.92. The van der Waals surface area contributed by atoms with Gasteiger partial charge in [-0.2, -0.15) is 0 Å². The van der Waals surface area contributed by atoms with Gasteiger partial charge in [-0.15, -0.1) is 0 Å². The van der Waals surface area contributed by atoms with Gasteiger partial charge in [0, 0.05) is 12.1 Å². The molecule has 21 heavy (non-hydrogen) atoms. The van der Waals surface area contributed by atoms with Crippen LogP contribution in [0.3, 0.4) is 0 Å². The van der Waals surface area contributed by atoms with Gasteiger partial charge >= 0.3 is 0 Å². The van der Waals surface area contributed by atoms with Crippen LogP contribution in [0.2, 0.25) is 0 Å². The molecule has 0 saturated heterocycles. The van der Waals surface area contributed by atoms with Gasteiger partial charge in [-0.05, 0) is 54.3 Å². The van der Waals surface area contributed by atoms with Crippen molar-refractivity contribution >= 4 is 5.91 Å². The first-order valence-corrected chi connectivity index (χ1v) is 7.32. The Morgan fingerprint density at radius 2 is 1.86 bits per heavy atom. The summed E-state index contributed by atoms with van der Waals surface area (Å²) in [6.07, 6.45) is 1.14. The van der Waals surface area contributed by atoms with Crippen LogP contribution in [0, 0.1) is 6.92 Å². The molecule has 0 radical (unpaired) electrons. The summed E-state index contributed by atoms with van der Waals surface area (Å²) in [4.78, 5) is 11.3. The summed E-state index contributed by atoms with van der Waals surface area (Å²) in [6.45, 7) is 6.11. The number of carbonyl (C=O) groups is 1. The fraction of sp³-hybridized carbons (Fsp3) is 0.278. The number of primary amides is 1. The van der Waals surface area contributed by atoms with Gasteiger partial charge < -0.3 is 11.1 Å². The van der Waals surface area contributed by atoms with Crippen LogP contribution in [0.5, 0.6) is 0 Å². The lowest BCUT2D eigenvalue weighted by atomic mass is 9.97. The van der Waals surface area contributed by atoms with E-state index in [-0.39, 0.29) is 0 Å². The highest BCUT2D eigenvalue weighted by Gasteiger charge is 2.06. The number of hydrogen-bond donors (Lipinski definition) is 2. The van der Waals surface area contributed by atoms with E-state index >= 15 is 0 Å². The van der Waals surface area contributed by atoms with E-state index in [0.717, 1.165) is 36.2 Å². The molecule has 2 rings (SSSR count). The van der Waals surface area contributed by atoms with Gasteiger partial charge in [-0.1, -0.05) is 37.3 Å². The summed E-state index contributed by atoms with van der Waals surface area (Å²) in [5.41, 5.74) is 10.5. The van der Waals surface area contributed by atoms with Gasteiger partial charge in [0.1, 0.15) is 0 Å². The van der Waals surface area contributed by atoms with Crippen molar-refractivity contribution in [2.24, 2.45) is 5.73 Å². The van der Waals surface area contributed by atoms with Crippen molar-refractivity contribution in [3.8, 4) is 11.1 Å². The number of aryl methyl sites for hydroxylation is 1. The van der Waals surface area contributed by atoms with Crippen LogP contribution < -0.4 is 11.1 Å². The highest BCUT2D eigenvalue weighted by molar-refractivity contribution is 5.94. The maximum atomic E-state index is 11.3. The van der Waals surface area contributed by atoms with E-state index in [4.69, 9.17) is 5.73 Å². The first-order chi connectivity index (χ1) is 10.1. The molecule has 3 nitrogen and oxygen atoms in total. The standard InChI is InChI=1S/C18H22N2O/c1-3-10-20-12-14-5-8-15(9-6-14)17-11-16(18(19)21)7-4-13(17)2/h4-9,11,20H,3,10,12H2,1-2H3,(H2,19,21). The fourth-order valence-corrected chi connectivity index (χ4v) is 2.30. The van der Waals surface area contributed by atoms with Crippen LogP contribution >= 0.6 is 0 Å². The fourth-order valence-electron chi connectivity index (χ4n) is 2.30. The maximum absolute atomic E-state index is 11.3. The second-order valence-electron chi connectivity index (χ2n) is 5.27. The van der Waals surface area contributed by atoms with Crippen LogP contribution in [0.1, 0.15) is 34.8 Å². The topological polar surface area (TPSA) is 55.1 Å². The molecule has 0 atom stereocenters. The monoisotopic (exact) mass is 282 g/mol. The number of rotatable bonds is 6. The molecule has 2 aromatic carbocycles. The molecule has 3 N–H and O–H groups in total. The molecule has 110 valence electrons. The zero-order valence-corrected chi connectivity index (χ0v) is 12.6. The van der Waals surface area contributed by atoms with Crippen molar-refractivity contribution in [2.75, 3.05) is 6.54 Å². The Hall–Kier alpha value is -2.13. The number of hydrogen-bond acceptors (Lipinski definition) is 2. The highest BCUT2D eigenvalue weighted by atomic mass is 16.1. The minimum absolute atomic E-state index is 0.392. The third-order valence-corrected chi connectivity index (χ3v) is 3.54. The quantitative estimate of drug-likeness (QED) is 0.799. The molecule has 0 fully saturated rings. The molecule has 0 aromatic heterocycles. The van der Waals surface area contributed by atoms with Crippen molar-refractivity contribution in [3.63, 3.8) is 0 Å². The smallest absolute Gasteiger partial charge is 0.248 e. The first kappa shape index (κ1) is 15.3. The van der Waals surface area contributed by atoms with E-state index in [0.29, 0.717) is 5.56 Å². The van der Waals surface area contributed by atoms with Crippen molar-refractivity contribution in [3.05, 3.63) is 59.2 Å². The SMILES string of the molecule is CCCNCc1ccc(-c2cc(C(N)=O)ccc2C)cc1. The molecule has 0 aliphatic rings. The van der Waals surface area contributed by atoms with Crippen LogP contribution in [0.4, 0.5) is 0 Å². The summed E-state index contributed by atoms with van der Waals surface area (Å²) in [7, 11) is 0. The Bertz CT molecular complexity index is 618. The normalized spacial score (nSPS) is 10.6. The van der Waals surface area contributed by atoms with E-state index in [1.54, 1.807) is 6.07 Å². The lowest BCUT2D eigenvalue weighted by molar-refractivity contribution is 0.100. The van der Waals surface area contributed by atoms with Crippen LogP contribution in [0.25, 0.3) is 11.1 Å². The van der Waals surface area contributed by atoms with E-state index in [1.807, 2.05) is 19.1 Å². The van der Waals surface area contributed by atoms with Gasteiger partial charge in [-0.3, -0.25) is 4.79 Å². The molecule has 0 unspecified atom stereocenters. The Labute approximate surface area is 126 Å². The van der Waals surface area contributed by atoms with Crippen molar-refractivity contribution in [1.82, 2.24) is 5.32 Å². The highest BCUT2D eigenvalue weighted by Crippen LogP contribution is 2.25. The molecular weight excluding hydrogens is 260 g/mol. The average molecular weight is 282 g/mol. The number of nitrogens with two attached hydrogens (primary N) is 1. The maximum Gasteiger partial charge on any atom is 0.248 e. The van der Waals surface area contributed by atoms with Crippen LogP contribution in [0.15, 0.2) is 42.5 Å². The molecule has 1 amide bonds. The Morgan fingerprint density at radius 3 is 2.48 bits per heavy atom. The van der Waals surface area contributed by atoms with Crippen molar-refractivity contribution < 1.29 is 4.79 Å². The summed E-state index contributed by atoms with van der Waals surface area (Å²) in [6, 6.07) is 14.0. The van der Waals surface area contributed by atoms with E-state index in [2.05, 4.69) is 36.5 Å². The zero-order chi connectivity index (χ0) is 15.2. The number of amides is 1. The molecule has 0 saturated carbocycles. The molecule has 0 heterocycles.